The largest absolute Gasteiger partial charge is 0.355 e. The number of hydrogen-bond donors (Lipinski definition) is 1. The minimum absolute atomic E-state index is 0.213. The number of aromatic nitrogens is 2. The number of benzene rings is 2. The maximum Gasteiger partial charge on any atom is 0.257 e. The van der Waals surface area contributed by atoms with Crippen molar-refractivity contribution >= 4 is 49.2 Å². The molecule has 0 saturated carbocycles. The first-order chi connectivity index (χ1) is 11.7. The van der Waals surface area contributed by atoms with Crippen LogP contribution in [0.25, 0.3) is 22.2 Å². The van der Waals surface area contributed by atoms with Crippen molar-refractivity contribution < 1.29 is 9.32 Å². The number of halogens is 1. The molecule has 0 aliphatic carbocycles. The first-order valence-electron chi connectivity index (χ1n) is 7.07. The molecule has 0 aliphatic rings. The molecule has 0 spiro atoms. The van der Waals surface area contributed by atoms with Crippen molar-refractivity contribution in [3.05, 3.63) is 64.1 Å². The quantitative estimate of drug-likeness (QED) is 0.528. The second kappa shape index (κ2) is 6.18. The topological polar surface area (TPSA) is 68.0 Å². The predicted octanol–water partition coefficient (Wildman–Crippen LogP) is 4.97. The highest BCUT2D eigenvalue weighted by Gasteiger charge is 2.14. The summed E-state index contributed by atoms with van der Waals surface area (Å²) in [6.07, 6.45) is 1.65. The molecule has 1 N–H and O–H groups in total. The third-order valence-corrected chi connectivity index (χ3v) is 4.72. The van der Waals surface area contributed by atoms with Gasteiger partial charge < -0.3 is 4.52 Å². The van der Waals surface area contributed by atoms with E-state index in [2.05, 4.69) is 31.4 Å². The van der Waals surface area contributed by atoms with Crippen LogP contribution in [0.4, 0.5) is 5.13 Å². The van der Waals surface area contributed by atoms with Crippen molar-refractivity contribution in [2.45, 2.75) is 0 Å². The van der Waals surface area contributed by atoms with E-state index in [1.807, 2.05) is 29.6 Å². The van der Waals surface area contributed by atoms with E-state index in [9.17, 15) is 4.79 Å². The Morgan fingerprint density at radius 3 is 2.75 bits per heavy atom. The number of anilines is 1. The van der Waals surface area contributed by atoms with Gasteiger partial charge in [-0.05, 0) is 42.5 Å². The molecular weight excluding hydrogens is 390 g/mol. The molecule has 2 aromatic carbocycles. The molecule has 1 amide bonds. The summed E-state index contributed by atoms with van der Waals surface area (Å²) in [5, 5.41) is 10.0. The minimum Gasteiger partial charge on any atom is -0.355 e. The Balaban J connectivity index is 1.73. The lowest BCUT2D eigenvalue weighted by atomic mass is 10.1. The number of carbonyl (C=O) groups is 1. The van der Waals surface area contributed by atoms with Crippen LogP contribution >= 0.6 is 27.3 Å². The molecule has 0 saturated heterocycles. The van der Waals surface area contributed by atoms with Gasteiger partial charge in [-0.15, -0.1) is 11.3 Å². The van der Waals surface area contributed by atoms with E-state index in [0.29, 0.717) is 22.0 Å². The normalized spacial score (nSPS) is 10.9. The van der Waals surface area contributed by atoms with Crippen LogP contribution in [0, 0.1) is 0 Å². The van der Waals surface area contributed by atoms with Gasteiger partial charge in [0, 0.05) is 27.2 Å². The van der Waals surface area contributed by atoms with Crippen molar-refractivity contribution in [1.82, 2.24) is 10.1 Å². The van der Waals surface area contributed by atoms with Crippen molar-refractivity contribution in [3.63, 3.8) is 0 Å². The SMILES string of the molecule is O=C(Nc1nccs1)c1ccc2noc(-c3ccc(Br)cc3)c2c1. The molecule has 4 rings (SSSR count). The second-order valence-electron chi connectivity index (χ2n) is 5.04. The summed E-state index contributed by atoms with van der Waals surface area (Å²) >= 11 is 4.79. The van der Waals surface area contributed by atoms with E-state index in [4.69, 9.17) is 4.52 Å². The molecule has 0 aliphatic heterocycles. The van der Waals surface area contributed by atoms with Crippen LogP contribution in [0.2, 0.25) is 0 Å². The molecular formula is C17H10BrN3O2S. The van der Waals surface area contributed by atoms with Gasteiger partial charge in [-0.2, -0.15) is 0 Å². The van der Waals surface area contributed by atoms with E-state index in [1.54, 1.807) is 24.4 Å². The number of thiazole rings is 1. The molecule has 0 bridgehead atoms. The number of nitrogens with one attached hydrogen (secondary N) is 1. The number of fused-ring (bicyclic) bond motifs is 1. The monoisotopic (exact) mass is 399 g/mol. The van der Waals surface area contributed by atoms with Crippen LogP contribution in [0.1, 0.15) is 10.4 Å². The highest BCUT2D eigenvalue weighted by atomic mass is 79.9. The van der Waals surface area contributed by atoms with Gasteiger partial charge >= 0.3 is 0 Å². The van der Waals surface area contributed by atoms with Gasteiger partial charge in [-0.3, -0.25) is 10.1 Å². The Morgan fingerprint density at radius 2 is 2.00 bits per heavy atom. The average Bonchev–Trinajstić information content (AvgIpc) is 3.24. The van der Waals surface area contributed by atoms with Crippen LogP contribution in [0.15, 0.2) is 63.0 Å². The van der Waals surface area contributed by atoms with Crippen LogP contribution in [0.3, 0.4) is 0 Å². The third kappa shape index (κ3) is 2.83. The van der Waals surface area contributed by atoms with Crippen LogP contribution in [-0.4, -0.2) is 16.0 Å². The Hall–Kier alpha value is -2.51. The first-order valence-corrected chi connectivity index (χ1v) is 8.74. The molecule has 0 fully saturated rings. The lowest BCUT2D eigenvalue weighted by Gasteiger charge is -2.02. The van der Waals surface area contributed by atoms with Gasteiger partial charge in [0.25, 0.3) is 5.91 Å². The zero-order valence-electron chi connectivity index (χ0n) is 12.2. The van der Waals surface area contributed by atoms with Crippen molar-refractivity contribution in [2.75, 3.05) is 5.32 Å². The summed E-state index contributed by atoms with van der Waals surface area (Å²) in [6, 6.07) is 13.0. The lowest BCUT2D eigenvalue weighted by molar-refractivity contribution is 0.102. The fourth-order valence-corrected chi connectivity index (χ4v) is 3.13. The zero-order valence-corrected chi connectivity index (χ0v) is 14.6. The van der Waals surface area contributed by atoms with Crippen molar-refractivity contribution in [1.29, 1.82) is 0 Å². The van der Waals surface area contributed by atoms with Gasteiger partial charge in [-0.25, -0.2) is 4.98 Å². The summed E-state index contributed by atoms with van der Waals surface area (Å²) in [5.41, 5.74) is 2.14. The zero-order chi connectivity index (χ0) is 16.5. The summed E-state index contributed by atoms with van der Waals surface area (Å²) in [5.74, 6) is 0.427. The molecule has 2 aromatic heterocycles. The summed E-state index contributed by atoms with van der Waals surface area (Å²) in [7, 11) is 0. The Kier molecular flexibility index (Phi) is 3.87. The van der Waals surface area contributed by atoms with Crippen molar-refractivity contribution in [2.24, 2.45) is 0 Å². The average molecular weight is 400 g/mol. The van der Waals surface area contributed by atoms with E-state index in [-0.39, 0.29) is 5.91 Å². The second-order valence-corrected chi connectivity index (χ2v) is 6.85. The van der Waals surface area contributed by atoms with Gasteiger partial charge in [0.15, 0.2) is 10.9 Å². The molecule has 4 aromatic rings. The molecule has 0 atom stereocenters. The van der Waals surface area contributed by atoms with Gasteiger partial charge in [-0.1, -0.05) is 21.1 Å². The lowest BCUT2D eigenvalue weighted by Crippen LogP contribution is -2.11. The maximum absolute atomic E-state index is 12.4. The maximum atomic E-state index is 12.4. The molecule has 5 nitrogen and oxygen atoms in total. The number of carbonyl (C=O) groups excluding carboxylic acids is 1. The van der Waals surface area contributed by atoms with E-state index >= 15 is 0 Å². The van der Waals surface area contributed by atoms with E-state index in [1.165, 1.54) is 11.3 Å². The molecule has 2 heterocycles. The number of rotatable bonds is 3. The standard InChI is InChI=1S/C17H10BrN3O2S/c18-12-4-1-10(2-5-12)15-13-9-11(3-6-14(13)21-23-15)16(22)20-17-19-7-8-24-17/h1-9H,(H,19,20,22). The van der Waals surface area contributed by atoms with Gasteiger partial charge in [0.1, 0.15) is 5.52 Å². The fraction of sp³-hybridized carbons (Fsp3) is 0. The van der Waals surface area contributed by atoms with Crippen molar-refractivity contribution in [3.8, 4) is 11.3 Å². The van der Waals surface area contributed by atoms with Gasteiger partial charge in [0.05, 0.1) is 5.39 Å². The predicted molar refractivity (Wildman–Crippen MR) is 97.2 cm³/mol. The first kappa shape index (κ1) is 15.0. The summed E-state index contributed by atoms with van der Waals surface area (Å²) < 4.78 is 6.46. The molecule has 0 radical (unpaired) electrons. The van der Waals surface area contributed by atoms with Gasteiger partial charge in [0.2, 0.25) is 0 Å². The van der Waals surface area contributed by atoms with Crippen LogP contribution in [0.5, 0.6) is 0 Å². The van der Waals surface area contributed by atoms with Crippen LogP contribution in [-0.2, 0) is 0 Å². The molecule has 118 valence electrons. The molecule has 24 heavy (non-hydrogen) atoms. The van der Waals surface area contributed by atoms with Crippen LogP contribution < -0.4 is 5.32 Å². The minimum atomic E-state index is -0.213. The summed E-state index contributed by atoms with van der Waals surface area (Å²) in [6.45, 7) is 0. The highest BCUT2D eigenvalue weighted by molar-refractivity contribution is 9.10. The van der Waals surface area contributed by atoms with E-state index in [0.717, 1.165) is 15.4 Å². The molecule has 0 unspecified atom stereocenters. The molecule has 7 heteroatoms. The Morgan fingerprint density at radius 1 is 1.17 bits per heavy atom. The smallest absolute Gasteiger partial charge is 0.257 e. The third-order valence-electron chi connectivity index (χ3n) is 3.50. The fourth-order valence-electron chi connectivity index (χ4n) is 2.35. The number of nitrogens with zero attached hydrogens (tertiary/aromatic N) is 2. The summed E-state index contributed by atoms with van der Waals surface area (Å²) in [4.78, 5) is 16.4. The van der Waals surface area contributed by atoms with E-state index < -0.39 is 0 Å². The Labute approximate surface area is 149 Å². The highest BCUT2D eigenvalue weighted by Crippen LogP contribution is 2.30. The number of hydrogen-bond acceptors (Lipinski definition) is 5. The number of amides is 1. The Bertz CT molecular complexity index is 1010.